The number of hydrogen-bond acceptors (Lipinski definition) is 5. The van der Waals surface area contributed by atoms with Gasteiger partial charge in [0.05, 0.1) is 26.4 Å². The van der Waals surface area contributed by atoms with E-state index in [1.165, 1.54) is 51.4 Å². The molecule has 0 aliphatic rings. The minimum absolute atomic E-state index is 0.0189. The molecule has 0 atom stereocenters. The predicted octanol–water partition coefficient (Wildman–Crippen LogP) is 4.22. The summed E-state index contributed by atoms with van der Waals surface area (Å²) in [7, 11) is 0. The van der Waals surface area contributed by atoms with Crippen LogP contribution in [0.5, 0.6) is 0 Å². The summed E-state index contributed by atoms with van der Waals surface area (Å²) in [5, 5.41) is 11.9. The van der Waals surface area contributed by atoms with Crippen molar-refractivity contribution in [3.63, 3.8) is 0 Å². The van der Waals surface area contributed by atoms with Crippen LogP contribution >= 0.6 is 0 Å². The van der Waals surface area contributed by atoms with Gasteiger partial charge in [-0.2, -0.15) is 0 Å². The first-order chi connectivity index (χ1) is 12.8. The van der Waals surface area contributed by atoms with E-state index in [1.54, 1.807) is 0 Å². The number of rotatable bonds is 21. The Bertz CT molecular complexity index is 287. The lowest BCUT2D eigenvalue weighted by molar-refractivity contribution is -0.143. The van der Waals surface area contributed by atoms with Crippen LogP contribution in [0.15, 0.2) is 0 Å². The molecule has 0 saturated carbocycles. The lowest BCUT2D eigenvalue weighted by atomic mass is 10.1. The molecule has 0 rings (SSSR count). The first kappa shape index (κ1) is 25.4. The van der Waals surface area contributed by atoms with Gasteiger partial charge in [-0.1, -0.05) is 64.7 Å². The highest BCUT2D eigenvalue weighted by molar-refractivity contribution is 5.69. The quantitative estimate of drug-likeness (QED) is 0.233. The van der Waals surface area contributed by atoms with Gasteiger partial charge < -0.3 is 19.9 Å². The highest BCUT2D eigenvalue weighted by Crippen LogP contribution is 2.08. The normalized spacial score (nSPS) is 11.0. The number of carbonyl (C=O) groups is 1. The Hall–Kier alpha value is -0.650. The molecule has 2 N–H and O–H groups in total. The first-order valence-corrected chi connectivity index (χ1v) is 10.9. The third-order valence-electron chi connectivity index (χ3n) is 4.40. The fourth-order valence-electron chi connectivity index (χ4n) is 2.80. The van der Waals surface area contributed by atoms with Crippen molar-refractivity contribution in [2.45, 2.75) is 90.4 Å². The Labute approximate surface area is 161 Å². The van der Waals surface area contributed by atoms with Crippen LogP contribution in [-0.4, -0.2) is 50.6 Å². The van der Waals surface area contributed by atoms with Crippen LogP contribution < -0.4 is 5.32 Å². The van der Waals surface area contributed by atoms with Gasteiger partial charge in [0.15, 0.2) is 0 Å². The molecule has 0 aromatic heterocycles. The summed E-state index contributed by atoms with van der Waals surface area (Å²) >= 11 is 0. The molecule has 0 unspecified atom stereocenters. The van der Waals surface area contributed by atoms with Crippen LogP contribution in [0, 0.1) is 0 Å². The summed E-state index contributed by atoms with van der Waals surface area (Å²) in [5.41, 5.74) is 0. The van der Waals surface area contributed by atoms with Gasteiger partial charge in [0.25, 0.3) is 0 Å². The Balaban J connectivity index is 3.11. The monoisotopic (exact) mass is 373 g/mol. The fourth-order valence-corrected chi connectivity index (χ4v) is 2.80. The molecule has 0 amide bonds. The van der Waals surface area contributed by atoms with E-state index in [0.29, 0.717) is 26.2 Å². The second-order valence-electron chi connectivity index (χ2n) is 6.95. The minimum atomic E-state index is -0.0189. The fraction of sp³-hybridized carbons (Fsp3) is 0.952. The highest BCUT2D eigenvalue weighted by atomic mass is 16.5. The summed E-state index contributed by atoms with van der Waals surface area (Å²) in [4.78, 5) is 11.6. The molecule has 0 saturated heterocycles. The molecule has 5 nitrogen and oxygen atoms in total. The minimum Gasteiger partial charge on any atom is -0.466 e. The van der Waals surface area contributed by atoms with Crippen molar-refractivity contribution in [2.75, 3.05) is 39.5 Å². The second kappa shape index (κ2) is 22.4. The van der Waals surface area contributed by atoms with Crippen molar-refractivity contribution >= 4 is 5.97 Å². The van der Waals surface area contributed by atoms with Gasteiger partial charge in [0.1, 0.15) is 0 Å². The van der Waals surface area contributed by atoms with Gasteiger partial charge >= 0.3 is 5.97 Å². The highest BCUT2D eigenvalue weighted by Gasteiger charge is 2.02. The lowest BCUT2D eigenvalue weighted by Gasteiger charge is -2.06. The van der Waals surface area contributed by atoms with E-state index < -0.39 is 0 Å². The maximum absolute atomic E-state index is 11.6. The van der Waals surface area contributed by atoms with Gasteiger partial charge in [0, 0.05) is 13.0 Å². The van der Waals surface area contributed by atoms with E-state index in [1.807, 2.05) is 0 Å². The number of aliphatic hydroxyl groups excluding tert-OH is 1. The Morgan fingerprint density at radius 1 is 0.769 bits per heavy atom. The Kier molecular flexibility index (Phi) is 21.8. The van der Waals surface area contributed by atoms with Gasteiger partial charge in [0.2, 0.25) is 0 Å². The maximum Gasteiger partial charge on any atom is 0.305 e. The third-order valence-corrected chi connectivity index (χ3v) is 4.40. The molecular formula is C21H43NO4. The number of carbonyl (C=O) groups excluding carboxylic acids is 1. The van der Waals surface area contributed by atoms with Crippen LogP contribution in [-0.2, 0) is 14.3 Å². The van der Waals surface area contributed by atoms with Crippen LogP contribution in [0.25, 0.3) is 0 Å². The summed E-state index contributed by atoms with van der Waals surface area (Å²) in [6.45, 7) is 5.87. The van der Waals surface area contributed by atoms with Crippen LogP contribution in [0.1, 0.15) is 90.4 Å². The average Bonchev–Trinajstić information content (AvgIpc) is 2.65. The lowest BCUT2D eigenvalue weighted by Crippen LogP contribution is -2.21. The van der Waals surface area contributed by atoms with E-state index in [-0.39, 0.29) is 12.6 Å². The standard InChI is InChI=1S/C21H43NO4/c1-2-3-4-5-8-11-14-21(24)26-18-13-10-7-6-9-12-15-22-16-19-25-20-17-23/h22-23H,2-20H2,1H3. The predicted molar refractivity (Wildman–Crippen MR) is 107 cm³/mol. The molecule has 0 bridgehead atoms. The zero-order valence-corrected chi connectivity index (χ0v) is 17.1. The van der Waals surface area contributed by atoms with Gasteiger partial charge in [-0.3, -0.25) is 4.79 Å². The zero-order chi connectivity index (χ0) is 19.1. The van der Waals surface area contributed by atoms with E-state index in [9.17, 15) is 4.79 Å². The topological polar surface area (TPSA) is 67.8 Å². The maximum atomic E-state index is 11.6. The van der Waals surface area contributed by atoms with E-state index in [4.69, 9.17) is 14.6 Å². The van der Waals surface area contributed by atoms with E-state index in [2.05, 4.69) is 12.2 Å². The molecule has 0 spiro atoms. The number of hydrogen-bond donors (Lipinski definition) is 2. The van der Waals surface area contributed by atoms with Crippen molar-refractivity contribution in [3.8, 4) is 0 Å². The average molecular weight is 374 g/mol. The van der Waals surface area contributed by atoms with Crippen molar-refractivity contribution in [1.82, 2.24) is 5.32 Å². The molecular weight excluding hydrogens is 330 g/mol. The summed E-state index contributed by atoms with van der Waals surface area (Å²) in [5.74, 6) is -0.0189. The van der Waals surface area contributed by atoms with Crippen molar-refractivity contribution < 1.29 is 19.4 Å². The van der Waals surface area contributed by atoms with Gasteiger partial charge in [-0.05, 0) is 25.8 Å². The molecule has 0 radical (unpaired) electrons. The van der Waals surface area contributed by atoms with Gasteiger partial charge in [-0.15, -0.1) is 0 Å². The smallest absolute Gasteiger partial charge is 0.305 e. The molecule has 0 fully saturated rings. The first-order valence-electron chi connectivity index (χ1n) is 10.9. The zero-order valence-electron chi connectivity index (χ0n) is 17.1. The number of aliphatic hydroxyl groups is 1. The third kappa shape index (κ3) is 21.4. The van der Waals surface area contributed by atoms with Crippen LogP contribution in [0.4, 0.5) is 0 Å². The Morgan fingerprint density at radius 2 is 1.42 bits per heavy atom. The number of esters is 1. The largest absolute Gasteiger partial charge is 0.466 e. The molecule has 0 aliphatic carbocycles. The summed E-state index contributed by atoms with van der Waals surface area (Å²) in [6.07, 6.45) is 14.8. The van der Waals surface area contributed by atoms with E-state index >= 15 is 0 Å². The molecule has 5 heteroatoms. The molecule has 0 heterocycles. The second-order valence-corrected chi connectivity index (χ2v) is 6.95. The van der Waals surface area contributed by atoms with Crippen molar-refractivity contribution in [3.05, 3.63) is 0 Å². The molecule has 0 aliphatic heterocycles. The summed E-state index contributed by atoms with van der Waals surface area (Å²) in [6, 6.07) is 0. The van der Waals surface area contributed by atoms with Crippen LogP contribution in [0.3, 0.4) is 0 Å². The van der Waals surface area contributed by atoms with Crippen LogP contribution in [0.2, 0.25) is 0 Å². The number of nitrogens with one attached hydrogen (secondary N) is 1. The Morgan fingerprint density at radius 3 is 2.15 bits per heavy atom. The molecule has 0 aromatic carbocycles. The molecule has 0 aromatic rings. The van der Waals surface area contributed by atoms with Crippen molar-refractivity contribution in [2.24, 2.45) is 0 Å². The SMILES string of the molecule is CCCCCCCCC(=O)OCCCCCCCCNCCOCCO. The number of unbranched alkanes of at least 4 members (excludes halogenated alkanes) is 10. The molecule has 156 valence electrons. The van der Waals surface area contributed by atoms with Gasteiger partial charge in [-0.25, -0.2) is 0 Å². The summed E-state index contributed by atoms with van der Waals surface area (Å²) < 4.78 is 10.5. The molecule has 26 heavy (non-hydrogen) atoms. The number of ether oxygens (including phenoxy) is 2. The van der Waals surface area contributed by atoms with E-state index in [0.717, 1.165) is 38.8 Å². The van der Waals surface area contributed by atoms with Crippen molar-refractivity contribution in [1.29, 1.82) is 0 Å².